The average Bonchev–Trinajstić information content (AvgIpc) is 3.47. The van der Waals surface area contributed by atoms with Crippen LogP contribution in [0.4, 0.5) is 4.39 Å². The lowest BCUT2D eigenvalue weighted by Gasteiger charge is -2.25. The number of aryl methyl sites for hydroxylation is 3. The van der Waals surface area contributed by atoms with Gasteiger partial charge in [-0.15, -0.1) is 4.80 Å². The number of hydrogen-bond acceptors (Lipinski definition) is 8. The number of aromatic nitrogens is 5. The third-order valence-electron chi connectivity index (χ3n) is 5.97. The van der Waals surface area contributed by atoms with E-state index in [2.05, 4.69) is 10.2 Å². The van der Waals surface area contributed by atoms with Crippen LogP contribution in [-0.2, 0) is 28.0 Å². The SMILES string of the molecule is CCOC(=O)C(C)(C)n1c(=O)c2c(C)c(-n3nccn3)sc2n(CCc2cc(F)ccc2OC)c1=O. The van der Waals surface area contributed by atoms with Gasteiger partial charge in [0.2, 0.25) is 0 Å². The first-order chi connectivity index (χ1) is 17.1. The molecule has 4 aromatic rings. The molecule has 0 N–H and O–H groups in total. The maximum atomic E-state index is 14.0. The van der Waals surface area contributed by atoms with Gasteiger partial charge in [0.15, 0.2) is 0 Å². The zero-order valence-corrected chi connectivity index (χ0v) is 21.4. The van der Waals surface area contributed by atoms with Crippen molar-refractivity contribution in [2.75, 3.05) is 13.7 Å². The number of methoxy groups -OCH3 is 1. The van der Waals surface area contributed by atoms with Crippen molar-refractivity contribution in [2.24, 2.45) is 0 Å². The number of carbonyl (C=O) groups is 1. The highest BCUT2D eigenvalue weighted by atomic mass is 32.1. The lowest BCUT2D eigenvalue weighted by Crippen LogP contribution is -2.53. The third kappa shape index (κ3) is 4.21. The summed E-state index contributed by atoms with van der Waals surface area (Å²) in [5.41, 5.74) is -1.74. The summed E-state index contributed by atoms with van der Waals surface area (Å²) < 4.78 is 26.8. The highest BCUT2D eigenvalue weighted by Crippen LogP contribution is 2.31. The minimum absolute atomic E-state index is 0.0966. The summed E-state index contributed by atoms with van der Waals surface area (Å²) in [6.45, 7) is 6.52. The first-order valence-electron chi connectivity index (χ1n) is 11.3. The predicted molar refractivity (Wildman–Crippen MR) is 133 cm³/mol. The van der Waals surface area contributed by atoms with Crippen molar-refractivity contribution in [3.63, 3.8) is 0 Å². The van der Waals surface area contributed by atoms with E-state index in [4.69, 9.17) is 9.47 Å². The maximum Gasteiger partial charge on any atom is 0.333 e. The van der Waals surface area contributed by atoms with Crippen LogP contribution in [0.3, 0.4) is 0 Å². The highest BCUT2D eigenvalue weighted by molar-refractivity contribution is 7.21. The molecule has 0 aliphatic heterocycles. The molecule has 190 valence electrons. The van der Waals surface area contributed by atoms with E-state index < -0.39 is 28.6 Å². The van der Waals surface area contributed by atoms with Gasteiger partial charge in [-0.3, -0.25) is 9.36 Å². The molecule has 0 unspecified atom stereocenters. The average molecular weight is 516 g/mol. The molecule has 3 aromatic heterocycles. The van der Waals surface area contributed by atoms with E-state index in [0.29, 0.717) is 26.7 Å². The summed E-state index contributed by atoms with van der Waals surface area (Å²) in [6, 6.07) is 4.16. The fourth-order valence-corrected chi connectivity index (χ4v) is 5.35. The molecule has 0 atom stereocenters. The molecule has 3 heterocycles. The second-order valence-corrected chi connectivity index (χ2v) is 9.57. The lowest BCUT2D eigenvalue weighted by molar-refractivity contribution is -0.152. The minimum atomic E-state index is -1.57. The minimum Gasteiger partial charge on any atom is -0.496 e. The van der Waals surface area contributed by atoms with Gasteiger partial charge in [-0.25, -0.2) is 18.5 Å². The van der Waals surface area contributed by atoms with Crippen LogP contribution in [0, 0.1) is 12.7 Å². The quantitative estimate of drug-likeness (QED) is 0.332. The second kappa shape index (κ2) is 9.69. The number of halogens is 1. The Morgan fingerprint density at radius 3 is 2.53 bits per heavy atom. The van der Waals surface area contributed by atoms with Crippen LogP contribution in [0.2, 0.25) is 0 Å². The van der Waals surface area contributed by atoms with E-state index in [1.807, 2.05) is 0 Å². The molecule has 0 amide bonds. The Hall–Kier alpha value is -3.80. The molecule has 0 bridgehead atoms. The van der Waals surface area contributed by atoms with Gasteiger partial charge in [-0.1, -0.05) is 11.3 Å². The molecule has 1 aromatic carbocycles. The van der Waals surface area contributed by atoms with Gasteiger partial charge in [0.25, 0.3) is 5.56 Å². The molecule has 0 spiro atoms. The van der Waals surface area contributed by atoms with Crippen molar-refractivity contribution < 1.29 is 18.7 Å². The molecule has 0 saturated carbocycles. The summed E-state index contributed by atoms with van der Waals surface area (Å²) >= 11 is 1.19. The van der Waals surface area contributed by atoms with Crippen molar-refractivity contribution in [2.45, 2.75) is 46.2 Å². The zero-order chi connectivity index (χ0) is 26.2. The summed E-state index contributed by atoms with van der Waals surface area (Å²) in [6.07, 6.45) is 3.25. The van der Waals surface area contributed by atoms with Gasteiger partial charge < -0.3 is 9.47 Å². The first kappa shape index (κ1) is 25.3. The number of ether oxygens (including phenoxy) is 2. The second-order valence-electron chi connectivity index (χ2n) is 8.59. The van der Waals surface area contributed by atoms with E-state index in [-0.39, 0.29) is 25.0 Å². The topological polar surface area (TPSA) is 110 Å². The van der Waals surface area contributed by atoms with Crippen LogP contribution >= 0.6 is 11.3 Å². The van der Waals surface area contributed by atoms with Crippen LogP contribution < -0.4 is 16.0 Å². The molecule has 4 rings (SSSR count). The van der Waals surface area contributed by atoms with Gasteiger partial charge >= 0.3 is 11.7 Å². The van der Waals surface area contributed by atoms with Crippen LogP contribution in [0.1, 0.15) is 31.9 Å². The normalized spacial score (nSPS) is 11.7. The number of esters is 1. The molecule has 0 saturated heterocycles. The Balaban J connectivity index is 1.97. The molecule has 12 heteroatoms. The Labute approximate surface area is 209 Å². The van der Waals surface area contributed by atoms with E-state index in [1.165, 1.54) is 72.3 Å². The molecule has 0 aliphatic rings. The van der Waals surface area contributed by atoms with E-state index in [9.17, 15) is 18.8 Å². The molecule has 0 aliphatic carbocycles. The van der Waals surface area contributed by atoms with Crippen molar-refractivity contribution in [3.05, 3.63) is 68.4 Å². The largest absolute Gasteiger partial charge is 0.496 e. The molecule has 10 nitrogen and oxygen atoms in total. The molecule has 36 heavy (non-hydrogen) atoms. The number of rotatable bonds is 8. The van der Waals surface area contributed by atoms with Crippen LogP contribution in [0.5, 0.6) is 5.75 Å². The van der Waals surface area contributed by atoms with Crippen molar-refractivity contribution in [3.8, 4) is 10.8 Å². The van der Waals surface area contributed by atoms with Crippen LogP contribution in [-0.4, -0.2) is 43.8 Å². The van der Waals surface area contributed by atoms with Crippen LogP contribution in [0.15, 0.2) is 40.2 Å². The fourth-order valence-electron chi connectivity index (χ4n) is 4.11. The Morgan fingerprint density at radius 1 is 1.19 bits per heavy atom. The predicted octanol–water partition coefficient (Wildman–Crippen LogP) is 2.80. The summed E-state index contributed by atoms with van der Waals surface area (Å²) in [4.78, 5) is 42.1. The fraction of sp³-hybridized carbons (Fsp3) is 0.375. The monoisotopic (exact) mass is 515 g/mol. The van der Waals surface area contributed by atoms with E-state index >= 15 is 0 Å². The van der Waals surface area contributed by atoms with Crippen molar-refractivity contribution in [1.29, 1.82) is 0 Å². The molecule has 0 radical (unpaired) electrons. The number of benzene rings is 1. The van der Waals surface area contributed by atoms with Gasteiger partial charge in [0.1, 0.15) is 26.9 Å². The summed E-state index contributed by atoms with van der Waals surface area (Å²) in [5.74, 6) is -0.663. The van der Waals surface area contributed by atoms with Crippen molar-refractivity contribution >= 4 is 27.5 Å². The zero-order valence-electron chi connectivity index (χ0n) is 20.6. The van der Waals surface area contributed by atoms with E-state index in [1.54, 1.807) is 13.8 Å². The Bertz CT molecular complexity index is 1550. The van der Waals surface area contributed by atoms with Crippen molar-refractivity contribution in [1.82, 2.24) is 24.1 Å². The van der Waals surface area contributed by atoms with Gasteiger partial charge in [0, 0.05) is 12.1 Å². The van der Waals surface area contributed by atoms with Gasteiger partial charge in [-0.05, 0) is 57.9 Å². The number of fused-ring (bicyclic) bond motifs is 1. The molecule has 0 fully saturated rings. The molecular formula is C24H26FN5O5S. The highest BCUT2D eigenvalue weighted by Gasteiger charge is 2.36. The molecular weight excluding hydrogens is 489 g/mol. The standard InChI is InChI=1S/C24H26FN5O5S/c1-6-35-22(32)24(3,4)29-19(31)18-14(2)20(30-26-10-11-27-30)36-21(18)28(23(29)33)12-9-15-13-16(25)7-8-17(15)34-5/h7-8,10-11,13H,6,9,12H2,1-5H3. The number of hydrogen-bond donors (Lipinski definition) is 0. The van der Waals surface area contributed by atoms with Gasteiger partial charge in [0.05, 0.1) is 31.5 Å². The summed E-state index contributed by atoms with van der Waals surface area (Å²) in [7, 11) is 1.48. The summed E-state index contributed by atoms with van der Waals surface area (Å²) in [5, 5.41) is 9.16. The number of thiophene rings is 1. The number of nitrogens with zero attached hydrogens (tertiary/aromatic N) is 5. The Kier molecular flexibility index (Phi) is 6.81. The van der Waals surface area contributed by atoms with E-state index in [0.717, 1.165) is 4.57 Å². The Morgan fingerprint density at radius 2 is 1.89 bits per heavy atom. The number of carbonyl (C=O) groups excluding carboxylic acids is 1. The van der Waals surface area contributed by atoms with Gasteiger partial charge in [-0.2, -0.15) is 10.2 Å². The maximum absolute atomic E-state index is 14.0. The third-order valence-corrected chi connectivity index (χ3v) is 7.25. The lowest BCUT2D eigenvalue weighted by atomic mass is 10.1. The first-order valence-corrected chi connectivity index (χ1v) is 12.1. The van der Waals surface area contributed by atoms with Crippen LogP contribution in [0.25, 0.3) is 15.2 Å². The smallest absolute Gasteiger partial charge is 0.333 e.